The minimum Gasteiger partial charge on any atom is -0.365 e. The summed E-state index contributed by atoms with van der Waals surface area (Å²) in [5.74, 6) is -4.64. The van der Waals surface area contributed by atoms with Crippen LogP contribution in [0.5, 0.6) is 0 Å². The van der Waals surface area contributed by atoms with E-state index in [4.69, 9.17) is 0 Å². The molecular weight excluding hydrogens is 204 g/mol. The molecule has 1 aromatic rings. The molecule has 0 radical (unpaired) electrons. The summed E-state index contributed by atoms with van der Waals surface area (Å²) >= 11 is 0. The molecule has 0 aromatic carbocycles. The lowest BCUT2D eigenvalue weighted by atomic mass is 10.2. The van der Waals surface area contributed by atoms with Crippen LogP contribution in [0.3, 0.4) is 0 Å². The van der Waals surface area contributed by atoms with Crippen LogP contribution in [0.1, 0.15) is 22.3 Å². The number of nitrogens with zero attached hydrogens (tertiary/aromatic N) is 1. The Bertz CT molecular complexity index is 380. The third kappa shape index (κ3) is 1.66. The van der Waals surface area contributed by atoms with Gasteiger partial charge in [-0.15, -0.1) is 0 Å². The average Bonchev–Trinajstić information content (AvgIpc) is 2.02. The largest absolute Gasteiger partial charge is 0.365 e. The van der Waals surface area contributed by atoms with Crippen LogP contribution in [0.4, 0.5) is 17.6 Å². The quantitative estimate of drug-likeness (QED) is 0.589. The second kappa shape index (κ2) is 3.60. The van der Waals surface area contributed by atoms with Gasteiger partial charge in [0.15, 0.2) is 5.82 Å². The summed E-state index contributed by atoms with van der Waals surface area (Å²) in [5, 5.41) is 0. The monoisotopic (exact) mass is 208 g/mol. The fourth-order valence-corrected chi connectivity index (χ4v) is 0.844. The van der Waals surface area contributed by atoms with Crippen molar-refractivity contribution in [2.75, 3.05) is 0 Å². The Labute approximate surface area is 75.5 Å². The van der Waals surface area contributed by atoms with Crippen LogP contribution in [0.15, 0.2) is 6.20 Å². The van der Waals surface area contributed by atoms with Crippen LogP contribution >= 0.6 is 0 Å². The molecule has 0 saturated heterocycles. The SMILES string of the molecule is NC(=O)c1c(F)ncc(C(F)F)c1F. The van der Waals surface area contributed by atoms with Crippen molar-refractivity contribution >= 4 is 5.91 Å². The Kier molecular flexibility index (Phi) is 2.68. The molecule has 1 heterocycles. The molecule has 0 bridgehead atoms. The Hall–Kier alpha value is -1.66. The number of pyridine rings is 1. The first kappa shape index (κ1) is 10.4. The molecule has 0 aliphatic carbocycles. The number of halogens is 4. The second-order valence-electron chi connectivity index (χ2n) is 2.36. The molecule has 0 spiro atoms. The molecule has 1 amide bonds. The molecule has 2 N–H and O–H groups in total. The lowest BCUT2D eigenvalue weighted by Crippen LogP contribution is -2.18. The van der Waals surface area contributed by atoms with Gasteiger partial charge in [0.1, 0.15) is 5.56 Å². The van der Waals surface area contributed by atoms with Crippen molar-refractivity contribution in [1.29, 1.82) is 0 Å². The van der Waals surface area contributed by atoms with Crippen molar-refractivity contribution in [3.63, 3.8) is 0 Å². The van der Waals surface area contributed by atoms with Crippen LogP contribution in [-0.4, -0.2) is 10.9 Å². The maximum absolute atomic E-state index is 13.0. The maximum atomic E-state index is 13.0. The van der Waals surface area contributed by atoms with Crippen LogP contribution in [0.25, 0.3) is 0 Å². The summed E-state index contributed by atoms with van der Waals surface area (Å²) < 4.78 is 49.7. The van der Waals surface area contributed by atoms with E-state index in [0.717, 1.165) is 0 Å². The van der Waals surface area contributed by atoms with E-state index >= 15 is 0 Å². The lowest BCUT2D eigenvalue weighted by Gasteiger charge is -2.04. The average molecular weight is 208 g/mol. The van der Waals surface area contributed by atoms with Gasteiger partial charge >= 0.3 is 0 Å². The molecule has 3 nitrogen and oxygen atoms in total. The van der Waals surface area contributed by atoms with E-state index in [9.17, 15) is 22.4 Å². The van der Waals surface area contributed by atoms with Crippen molar-refractivity contribution in [2.45, 2.75) is 6.43 Å². The van der Waals surface area contributed by atoms with Crippen LogP contribution in [0, 0.1) is 11.8 Å². The number of alkyl halides is 2. The van der Waals surface area contributed by atoms with Gasteiger partial charge in [-0.25, -0.2) is 18.2 Å². The number of carbonyl (C=O) groups is 1. The van der Waals surface area contributed by atoms with Gasteiger partial charge in [-0.1, -0.05) is 0 Å². The molecule has 76 valence electrons. The van der Waals surface area contributed by atoms with E-state index in [1.807, 2.05) is 0 Å². The zero-order chi connectivity index (χ0) is 10.9. The van der Waals surface area contributed by atoms with E-state index in [1.165, 1.54) is 0 Å². The number of nitrogens with two attached hydrogens (primary N) is 1. The summed E-state index contributed by atoms with van der Waals surface area (Å²) in [6, 6.07) is 0. The van der Waals surface area contributed by atoms with Gasteiger partial charge in [0.05, 0.1) is 5.56 Å². The highest BCUT2D eigenvalue weighted by molar-refractivity contribution is 5.93. The van der Waals surface area contributed by atoms with E-state index < -0.39 is 35.2 Å². The van der Waals surface area contributed by atoms with Crippen LogP contribution in [-0.2, 0) is 0 Å². The van der Waals surface area contributed by atoms with E-state index in [0.29, 0.717) is 6.20 Å². The fourth-order valence-electron chi connectivity index (χ4n) is 0.844. The van der Waals surface area contributed by atoms with Crippen molar-refractivity contribution in [1.82, 2.24) is 4.98 Å². The van der Waals surface area contributed by atoms with Gasteiger partial charge in [-0.2, -0.15) is 4.39 Å². The summed E-state index contributed by atoms with van der Waals surface area (Å²) in [7, 11) is 0. The molecule has 0 aliphatic rings. The van der Waals surface area contributed by atoms with E-state index in [1.54, 1.807) is 0 Å². The minimum atomic E-state index is -3.18. The highest BCUT2D eigenvalue weighted by atomic mass is 19.3. The Morgan fingerprint density at radius 2 is 2.00 bits per heavy atom. The van der Waals surface area contributed by atoms with Gasteiger partial charge in [-0.05, 0) is 0 Å². The zero-order valence-electron chi connectivity index (χ0n) is 6.60. The molecule has 0 saturated carbocycles. The summed E-state index contributed by atoms with van der Waals surface area (Å²) in [6.07, 6.45) is -2.86. The maximum Gasteiger partial charge on any atom is 0.268 e. The molecule has 14 heavy (non-hydrogen) atoms. The predicted octanol–water partition coefficient (Wildman–Crippen LogP) is 1.40. The Morgan fingerprint density at radius 1 is 1.43 bits per heavy atom. The normalized spacial score (nSPS) is 10.6. The number of aromatic nitrogens is 1. The number of hydrogen-bond acceptors (Lipinski definition) is 2. The van der Waals surface area contributed by atoms with Crippen molar-refractivity contribution < 1.29 is 22.4 Å². The molecule has 0 atom stereocenters. The summed E-state index contributed by atoms with van der Waals surface area (Å²) in [6.45, 7) is 0. The highest BCUT2D eigenvalue weighted by Crippen LogP contribution is 2.23. The molecule has 0 aliphatic heterocycles. The number of carbonyl (C=O) groups excluding carboxylic acids is 1. The number of amides is 1. The van der Waals surface area contributed by atoms with Crippen LogP contribution in [0.2, 0.25) is 0 Å². The van der Waals surface area contributed by atoms with Gasteiger partial charge in [0.2, 0.25) is 5.95 Å². The highest BCUT2D eigenvalue weighted by Gasteiger charge is 2.23. The van der Waals surface area contributed by atoms with Gasteiger partial charge < -0.3 is 5.73 Å². The predicted molar refractivity (Wildman–Crippen MR) is 37.6 cm³/mol. The molecule has 1 aromatic heterocycles. The van der Waals surface area contributed by atoms with Gasteiger partial charge in [0.25, 0.3) is 12.3 Å². The van der Waals surface area contributed by atoms with Gasteiger partial charge in [0, 0.05) is 6.20 Å². The second-order valence-corrected chi connectivity index (χ2v) is 2.36. The van der Waals surface area contributed by atoms with Crippen molar-refractivity contribution in [3.8, 4) is 0 Å². The first-order chi connectivity index (χ1) is 6.45. The fraction of sp³-hybridized carbons (Fsp3) is 0.143. The Balaban J connectivity index is 3.41. The van der Waals surface area contributed by atoms with Crippen molar-refractivity contribution in [3.05, 3.63) is 29.1 Å². The number of primary amides is 1. The van der Waals surface area contributed by atoms with Crippen molar-refractivity contribution in [2.24, 2.45) is 5.73 Å². The summed E-state index contributed by atoms with van der Waals surface area (Å²) in [5.41, 5.74) is 2.18. The first-order valence-electron chi connectivity index (χ1n) is 3.37. The smallest absolute Gasteiger partial charge is 0.268 e. The minimum absolute atomic E-state index is 0.321. The molecular formula is C7H4F4N2O. The van der Waals surface area contributed by atoms with E-state index in [-0.39, 0.29) is 0 Å². The Morgan fingerprint density at radius 3 is 2.43 bits per heavy atom. The molecule has 0 unspecified atom stereocenters. The summed E-state index contributed by atoms with van der Waals surface area (Å²) in [4.78, 5) is 13.3. The number of rotatable bonds is 2. The molecule has 1 rings (SSSR count). The van der Waals surface area contributed by atoms with Gasteiger partial charge in [-0.3, -0.25) is 4.79 Å². The first-order valence-corrected chi connectivity index (χ1v) is 3.37. The topological polar surface area (TPSA) is 56.0 Å². The molecule has 7 heteroatoms. The third-order valence-corrected chi connectivity index (χ3v) is 1.48. The lowest BCUT2D eigenvalue weighted by molar-refractivity contribution is 0.0988. The number of hydrogen-bond donors (Lipinski definition) is 1. The third-order valence-electron chi connectivity index (χ3n) is 1.48. The molecule has 0 fully saturated rings. The standard InChI is InChI=1S/C7H4F4N2O/c8-4-2(5(9)10)1-13-6(11)3(4)7(12)14/h1,5H,(H2,12,14). The zero-order valence-corrected chi connectivity index (χ0v) is 6.60. The van der Waals surface area contributed by atoms with E-state index in [2.05, 4.69) is 10.7 Å². The van der Waals surface area contributed by atoms with Crippen LogP contribution < -0.4 is 5.73 Å².